The van der Waals surface area contributed by atoms with Crippen LogP contribution in [0.2, 0.25) is 0 Å². The molecule has 3 nitrogen and oxygen atoms in total. The summed E-state index contributed by atoms with van der Waals surface area (Å²) in [5.74, 6) is 0. The molecule has 0 saturated carbocycles. The molecule has 0 saturated heterocycles. The Morgan fingerprint density at radius 1 is 1.20 bits per heavy atom. The molecule has 108 valence electrons. The Balaban J connectivity index is 2.28. The molecule has 20 heavy (non-hydrogen) atoms. The van der Waals surface area contributed by atoms with E-state index < -0.39 is 0 Å². The normalized spacial score (nSPS) is 11.2. The molecule has 1 aromatic carbocycles. The molecule has 0 fully saturated rings. The number of nitrogens with one attached hydrogen (secondary N) is 1. The number of fused-ring (bicyclic) bond motifs is 1. The predicted molar refractivity (Wildman–Crippen MR) is 87.5 cm³/mol. The monoisotopic (exact) mass is 271 g/mol. The minimum absolute atomic E-state index is 0.999. The Morgan fingerprint density at radius 2 is 1.95 bits per heavy atom. The van der Waals surface area contributed by atoms with Crippen LogP contribution in [0.1, 0.15) is 24.6 Å². The number of aryl methyl sites for hydroxylation is 1. The molecule has 0 radical (unpaired) electrons. The van der Waals surface area contributed by atoms with Crippen LogP contribution in [0.5, 0.6) is 0 Å². The lowest BCUT2D eigenvalue weighted by Crippen LogP contribution is -2.17. The van der Waals surface area contributed by atoms with Crippen LogP contribution in [-0.2, 0) is 6.42 Å². The number of hydrogen-bond donors (Lipinski definition) is 1. The van der Waals surface area contributed by atoms with Gasteiger partial charge in [0, 0.05) is 23.3 Å². The zero-order chi connectivity index (χ0) is 14.5. The van der Waals surface area contributed by atoms with E-state index in [1.807, 2.05) is 0 Å². The third-order valence-corrected chi connectivity index (χ3v) is 3.64. The summed E-state index contributed by atoms with van der Waals surface area (Å²) >= 11 is 0. The fourth-order valence-corrected chi connectivity index (χ4v) is 2.62. The van der Waals surface area contributed by atoms with E-state index in [4.69, 9.17) is 4.98 Å². The van der Waals surface area contributed by atoms with Gasteiger partial charge < -0.3 is 10.2 Å². The van der Waals surface area contributed by atoms with Crippen molar-refractivity contribution >= 4 is 16.6 Å². The van der Waals surface area contributed by atoms with E-state index in [2.05, 4.69) is 62.4 Å². The Kier molecular flexibility index (Phi) is 4.96. The van der Waals surface area contributed by atoms with E-state index in [0.29, 0.717) is 0 Å². The number of benzene rings is 1. The summed E-state index contributed by atoms with van der Waals surface area (Å²) in [5, 5.41) is 4.87. The number of aromatic nitrogens is 1. The third-order valence-electron chi connectivity index (χ3n) is 3.64. The van der Waals surface area contributed by atoms with Crippen LogP contribution in [0.25, 0.3) is 10.9 Å². The summed E-state index contributed by atoms with van der Waals surface area (Å²) in [6.07, 6.45) is 2.16. The zero-order valence-corrected chi connectivity index (χ0v) is 13.0. The molecule has 0 aliphatic carbocycles. The second-order valence-electron chi connectivity index (χ2n) is 5.51. The van der Waals surface area contributed by atoms with Gasteiger partial charge in [-0.1, -0.05) is 25.1 Å². The molecule has 3 heteroatoms. The van der Waals surface area contributed by atoms with Crippen LogP contribution < -0.4 is 5.32 Å². The summed E-state index contributed by atoms with van der Waals surface area (Å²) in [7, 11) is 4.23. The highest BCUT2D eigenvalue weighted by Crippen LogP contribution is 2.28. The van der Waals surface area contributed by atoms with Gasteiger partial charge in [-0.05, 0) is 52.0 Å². The van der Waals surface area contributed by atoms with Crippen molar-refractivity contribution in [3.63, 3.8) is 0 Å². The quantitative estimate of drug-likeness (QED) is 0.815. The molecule has 1 N–H and O–H groups in total. The Morgan fingerprint density at radius 3 is 2.65 bits per heavy atom. The third kappa shape index (κ3) is 3.28. The lowest BCUT2D eigenvalue weighted by atomic mass is 10.0. The molecular formula is C17H25N3. The summed E-state index contributed by atoms with van der Waals surface area (Å²) in [5.41, 5.74) is 4.83. The molecule has 0 aliphatic heterocycles. The maximum absolute atomic E-state index is 4.72. The fourth-order valence-electron chi connectivity index (χ4n) is 2.62. The lowest BCUT2D eigenvalue weighted by Gasteiger charge is -2.17. The van der Waals surface area contributed by atoms with Gasteiger partial charge in [0.25, 0.3) is 0 Å². The van der Waals surface area contributed by atoms with Gasteiger partial charge in [0.2, 0.25) is 0 Å². The Labute approximate surface area is 122 Å². The first kappa shape index (κ1) is 14.8. The molecule has 0 amide bonds. The van der Waals surface area contributed by atoms with Crippen molar-refractivity contribution in [3.8, 4) is 0 Å². The van der Waals surface area contributed by atoms with E-state index in [1.165, 1.54) is 16.6 Å². The van der Waals surface area contributed by atoms with Gasteiger partial charge in [-0.2, -0.15) is 0 Å². The highest BCUT2D eigenvalue weighted by atomic mass is 15.1. The maximum atomic E-state index is 4.72. The molecule has 0 aliphatic rings. The number of anilines is 1. The van der Waals surface area contributed by atoms with Gasteiger partial charge >= 0.3 is 0 Å². The Bertz CT molecular complexity index is 576. The number of para-hydroxylation sites is 1. The van der Waals surface area contributed by atoms with Crippen LogP contribution in [0.3, 0.4) is 0 Å². The standard InChI is InChI=1S/C17H25N3/c1-5-14-13(2)19-16-10-7-6-9-15(16)17(14)18-11-8-12-20(3)4/h6-7,9-10H,5,8,11-12H2,1-4H3,(H,18,19). The molecule has 0 atom stereocenters. The Hall–Kier alpha value is -1.61. The maximum Gasteiger partial charge on any atom is 0.0726 e. The van der Waals surface area contributed by atoms with Gasteiger partial charge in [0.1, 0.15) is 0 Å². The summed E-state index contributed by atoms with van der Waals surface area (Å²) in [6, 6.07) is 8.39. The molecule has 0 bridgehead atoms. The number of hydrogen-bond acceptors (Lipinski definition) is 3. The van der Waals surface area contributed by atoms with Gasteiger partial charge in [-0.15, -0.1) is 0 Å². The second-order valence-corrected chi connectivity index (χ2v) is 5.51. The molecule has 2 aromatic rings. The zero-order valence-electron chi connectivity index (χ0n) is 13.0. The van der Waals surface area contributed by atoms with Gasteiger partial charge in [0.05, 0.1) is 5.52 Å². The molecule has 2 rings (SSSR count). The van der Waals surface area contributed by atoms with Crippen molar-refractivity contribution in [3.05, 3.63) is 35.5 Å². The van der Waals surface area contributed by atoms with Crippen LogP contribution >= 0.6 is 0 Å². The van der Waals surface area contributed by atoms with E-state index in [0.717, 1.165) is 37.1 Å². The predicted octanol–water partition coefficient (Wildman–Crippen LogP) is 3.47. The first-order valence-corrected chi connectivity index (χ1v) is 7.40. The van der Waals surface area contributed by atoms with Gasteiger partial charge in [-0.25, -0.2) is 0 Å². The molecular weight excluding hydrogens is 246 g/mol. The van der Waals surface area contributed by atoms with E-state index in [1.54, 1.807) is 0 Å². The van der Waals surface area contributed by atoms with Crippen molar-refractivity contribution in [2.24, 2.45) is 0 Å². The SMILES string of the molecule is CCc1c(C)nc2ccccc2c1NCCCN(C)C. The summed E-state index contributed by atoms with van der Waals surface area (Å²) < 4.78 is 0. The average Bonchev–Trinajstić information content (AvgIpc) is 2.42. The first-order chi connectivity index (χ1) is 9.63. The van der Waals surface area contributed by atoms with Crippen molar-refractivity contribution in [1.29, 1.82) is 0 Å². The highest BCUT2D eigenvalue weighted by Gasteiger charge is 2.10. The van der Waals surface area contributed by atoms with Gasteiger partial charge in [-0.3, -0.25) is 4.98 Å². The lowest BCUT2D eigenvalue weighted by molar-refractivity contribution is 0.405. The second kappa shape index (κ2) is 6.71. The van der Waals surface area contributed by atoms with E-state index in [-0.39, 0.29) is 0 Å². The van der Waals surface area contributed by atoms with Gasteiger partial charge in [0.15, 0.2) is 0 Å². The summed E-state index contributed by atoms with van der Waals surface area (Å²) in [4.78, 5) is 6.94. The molecule has 1 aromatic heterocycles. The van der Waals surface area contributed by atoms with Crippen molar-refractivity contribution in [1.82, 2.24) is 9.88 Å². The molecule has 0 unspecified atom stereocenters. The van der Waals surface area contributed by atoms with Crippen molar-refractivity contribution in [2.45, 2.75) is 26.7 Å². The van der Waals surface area contributed by atoms with Crippen molar-refractivity contribution < 1.29 is 0 Å². The number of pyridine rings is 1. The molecule has 0 spiro atoms. The van der Waals surface area contributed by atoms with Crippen LogP contribution in [0.15, 0.2) is 24.3 Å². The number of rotatable bonds is 6. The molecule has 1 heterocycles. The average molecular weight is 271 g/mol. The number of nitrogens with zero attached hydrogens (tertiary/aromatic N) is 2. The first-order valence-electron chi connectivity index (χ1n) is 7.40. The largest absolute Gasteiger partial charge is 0.384 e. The smallest absolute Gasteiger partial charge is 0.0726 e. The minimum atomic E-state index is 0.999. The topological polar surface area (TPSA) is 28.2 Å². The summed E-state index contributed by atoms with van der Waals surface area (Å²) in [6.45, 7) is 6.41. The van der Waals surface area contributed by atoms with E-state index >= 15 is 0 Å². The van der Waals surface area contributed by atoms with E-state index in [9.17, 15) is 0 Å². The highest BCUT2D eigenvalue weighted by molar-refractivity contribution is 5.93. The van der Waals surface area contributed by atoms with Crippen LogP contribution in [-0.4, -0.2) is 37.1 Å². The van der Waals surface area contributed by atoms with Crippen LogP contribution in [0, 0.1) is 6.92 Å². The van der Waals surface area contributed by atoms with Crippen molar-refractivity contribution in [2.75, 3.05) is 32.5 Å². The fraction of sp³-hybridized carbons (Fsp3) is 0.471. The minimum Gasteiger partial charge on any atom is -0.384 e. The van der Waals surface area contributed by atoms with Crippen LogP contribution in [0.4, 0.5) is 5.69 Å².